The van der Waals surface area contributed by atoms with Crippen molar-refractivity contribution in [1.82, 2.24) is 5.32 Å². The van der Waals surface area contributed by atoms with Gasteiger partial charge >= 0.3 is 6.09 Å². The van der Waals surface area contributed by atoms with Crippen LogP contribution in [0.3, 0.4) is 0 Å². The predicted octanol–water partition coefficient (Wildman–Crippen LogP) is 1.31. The zero-order chi connectivity index (χ0) is 10.1. The quantitative estimate of drug-likeness (QED) is 0.713. The zero-order valence-corrected chi connectivity index (χ0v) is 7.16. The Morgan fingerprint density at radius 1 is 1.57 bits per heavy atom. The lowest BCUT2D eigenvalue weighted by atomic mass is 10.1. The zero-order valence-electron chi connectivity index (χ0n) is 7.16. The van der Waals surface area contributed by atoms with Gasteiger partial charge in [-0.3, -0.25) is 0 Å². The number of rotatable bonds is 1. The molecule has 1 heterocycles. The van der Waals surface area contributed by atoms with Gasteiger partial charge in [0.25, 0.3) is 0 Å². The molecule has 0 saturated carbocycles. The second-order valence-corrected chi connectivity index (χ2v) is 2.99. The van der Waals surface area contributed by atoms with Crippen LogP contribution < -0.4 is 5.32 Å². The van der Waals surface area contributed by atoms with Gasteiger partial charge in [-0.05, 0) is 17.7 Å². The summed E-state index contributed by atoms with van der Waals surface area (Å²) in [6, 6.07) is 3.90. The summed E-state index contributed by atoms with van der Waals surface area (Å²) >= 11 is 0. The molecule has 5 heteroatoms. The number of amides is 1. The fourth-order valence-electron chi connectivity index (χ4n) is 1.30. The van der Waals surface area contributed by atoms with Crippen molar-refractivity contribution < 1.29 is 19.0 Å². The average Bonchev–Trinajstić information content (AvgIpc) is 2.57. The second-order valence-electron chi connectivity index (χ2n) is 2.99. The number of nitrogens with one attached hydrogen (secondary N) is 1. The van der Waals surface area contributed by atoms with Crippen LogP contribution >= 0.6 is 0 Å². The molecular weight excluding hydrogens is 189 g/mol. The van der Waals surface area contributed by atoms with E-state index in [1.807, 2.05) is 0 Å². The molecule has 1 amide bonds. The smallest absolute Gasteiger partial charge is 0.407 e. The van der Waals surface area contributed by atoms with Crippen LogP contribution in [0.5, 0.6) is 5.75 Å². The molecule has 0 spiro atoms. The van der Waals surface area contributed by atoms with E-state index in [4.69, 9.17) is 9.84 Å². The van der Waals surface area contributed by atoms with Crippen molar-refractivity contribution in [2.75, 3.05) is 6.54 Å². The van der Waals surface area contributed by atoms with E-state index in [1.54, 1.807) is 0 Å². The van der Waals surface area contributed by atoms with Gasteiger partial charge in [0, 0.05) is 0 Å². The van der Waals surface area contributed by atoms with E-state index in [1.165, 1.54) is 12.1 Å². The summed E-state index contributed by atoms with van der Waals surface area (Å²) in [5.74, 6) is -1.13. The summed E-state index contributed by atoms with van der Waals surface area (Å²) in [6.45, 7) is 0.322. The molecule has 0 aliphatic carbocycles. The molecule has 1 saturated heterocycles. The van der Waals surface area contributed by atoms with Gasteiger partial charge in [0.05, 0.1) is 6.54 Å². The third-order valence-electron chi connectivity index (χ3n) is 2.02. The van der Waals surface area contributed by atoms with Crippen LogP contribution in [0.2, 0.25) is 0 Å². The molecule has 1 aromatic carbocycles. The number of cyclic esters (lactones) is 1. The largest absolute Gasteiger partial charge is 0.505 e. The number of phenols is 1. The van der Waals surface area contributed by atoms with E-state index in [-0.39, 0.29) is 0 Å². The number of carbonyl (C=O) groups is 1. The van der Waals surface area contributed by atoms with Crippen molar-refractivity contribution in [3.63, 3.8) is 0 Å². The van der Waals surface area contributed by atoms with Crippen molar-refractivity contribution in [3.05, 3.63) is 29.6 Å². The molecule has 4 nitrogen and oxygen atoms in total. The van der Waals surface area contributed by atoms with Crippen LogP contribution in [0.4, 0.5) is 9.18 Å². The Bertz CT molecular complexity index is 380. The van der Waals surface area contributed by atoms with Crippen LogP contribution in [0, 0.1) is 5.82 Å². The van der Waals surface area contributed by atoms with Gasteiger partial charge in [-0.1, -0.05) is 6.07 Å². The van der Waals surface area contributed by atoms with Crippen LogP contribution in [-0.4, -0.2) is 17.7 Å². The van der Waals surface area contributed by atoms with Crippen molar-refractivity contribution in [1.29, 1.82) is 0 Å². The fraction of sp³-hybridized carbons (Fsp3) is 0.222. The molecule has 1 aliphatic rings. The summed E-state index contributed by atoms with van der Waals surface area (Å²) < 4.78 is 17.8. The van der Waals surface area contributed by atoms with Gasteiger partial charge < -0.3 is 15.2 Å². The summed E-state index contributed by atoms with van der Waals surface area (Å²) in [5.41, 5.74) is 0.527. The third-order valence-corrected chi connectivity index (χ3v) is 2.02. The van der Waals surface area contributed by atoms with E-state index in [0.717, 1.165) is 6.07 Å². The molecule has 14 heavy (non-hydrogen) atoms. The molecule has 2 rings (SSSR count). The van der Waals surface area contributed by atoms with Gasteiger partial charge in [0.1, 0.15) is 6.10 Å². The highest BCUT2D eigenvalue weighted by atomic mass is 19.1. The summed E-state index contributed by atoms with van der Waals surface area (Å²) in [7, 11) is 0. The summed E-state index contributed by atoms with van der Waals surface area (Å²) in [4.78, 5) is 10.7. The number of benzene rings is 1. The molecule has 0 bridgehead atoms. The Balaban J connectivity index is 2.24. The van der Waals surface area contributed by atoms with Crippen LogP contribution in [0.15, 0.2) is 18.2 Å². The Morgan fingerprint density at radius 2 is 2.36 bits per heavy atom. The summed E-state index contributed by atoms with van der Waals surface area (Å²) in [6.07, 6.45) is -0.985. The van der Waals surface area contributed by atoms with Crippen molar-refractivity contribution in [3.8, 4) is 5.75 Å². The van der Waals surface area contributed by atoms with Crippen molar-refractivity contribution >= 4 is 6.09 Å². The van der Waals surface area contributed by atoms with Gasteiger partial charge in [0.15, 0.2) is 11.6 Å². The minimum Gasteiger partial charge on any atom is -0.505 e. The average molecular weight is 197 g/mol. The first kappa shape index (κ1) is 8.80. The van der Waals surface area contributed by atoms with E-state index in [0.29, 0.717) is 12.1 Å². The topological polar surface area (TPSA) is 58.6 Å². The standard InChI is InChI=1S/C9H8FNO3/c10-6-3-5(1-2-7(6)12)8-4-11-9(13)14-8/h1-3,8,12H,4H2,(H,11,13). The molecule has 1 aliphatic heterocycles. The molecular formula is C9H8FNO3. The Hall–Kier alpha value is -1.78. The molecule has 0 aromatic heterocycles. The molecule has 1 atom stereocenters. The SMILES string of the molecule is O=C1NCC(c2ccc(O)c(F)c2)O1. The normalized spacial score (nSPS) is 20.4. The van der Waals surface area contributed by atoms with Crippen LogP contribution in [0.25, 0.3) is 0 Å². The minimum atomic E-state index is -0.717. The molecule has 1 unspecified atom stereocenters. The number of alkyl carbamates (subject to hydrolysis) is 1. The lowest BCUT2D eigenvalue weighted by molar-refractivity contribution is 0.141. The lowest BCUT2D eigenvalue weighted by Gasteiger charge is -2.07. The predicted molar refractivity (Wildman–Crippen MR) is 45.3 cm³/mol. The maximum atomic E-state index is 12.9. The Kier molecular flexibility index (Phi) is 1.99. The monoisotopic (exact) mass is 197 g/mol. The number of hydrogen-bond donors (Lipinski definition) is 2. The van der Waals surface area contributed by atoms with Gasteiger partial charge in [-0.15, -0.1) is 0 Å². The molecule has 74 valence electrons. The van der Waals surface area contributed by atoms with Crippen molar-refractivity contribution in [2.24, 2.45) is 0 Å². The highest BCUT2D eigenvalue weighted by Gasteiger charge is 2.24. The van der Waals surface area contributed by atoms with E-state index in [9.17, 15) is 9.18 Å². The number of hydrogen-bond acceptors (Lipinski definition) is 3. The third kappa shape index (κ3) is 1.48. The van der Waals surface area contributed by atoms with Gasteiger partial charge in [-0.25, -0.2) is 9.18 Å². The Labute approximate surface area is 79.3 Å². The lowest BCUT2D eigenvalue weighted by Crippen LogP contribution is -2.12. The maximum Gasteiger partial charge on any atom is 0.407 e. The van der Waals surface area contributed by atoms with E-state index >= 15 is 0 Å². The minimum absolute atomic E-state index is 0.322. The van der Waals surface area contributed by atoms with Crippen LogP contribution in [-0.2, 0) is 4.74 Å². The first-order valence-corrected chi connectivity index (χ1v) is 4.10. The highest BCUT2D eigenvalue weighted by molar-refractivity contribution is 5.69. The number of carbonyl (C=O) groups excluding carboxylic acids is 1. The number of ether oxygens (including phenoxy) is 1. The van der Waals surface area contributed by atoms with Crippen LogP contribution in [0.1, 0.15) is 11.7 Å². The second kappa shape index (κ2) is 3.17. The number of aromatic hydroxyl groups is 1. The summed E-state index contributed by atoms with van der Waals surface area (Å²) in [5, 5.41) is 11.4. The Morgan fingerprint density at radius 3 is 2.93 bits per heavy atom. The fourth-order valence-corrected chi connectivity index (χ4v) is 1.30. The molecule has 1 fully saturated rings. The van der Waals surface area contributed by atoms with Gasteiger partial charge in [-0.2, -0.15) is 0 Å². The van der Waals surface area contributed by atoms with Crippen molar-refractivity contribution in [2.45, 2.75) is 6.10 Å². The number of phenolic OH excluding ortho intramolecular Hbond substituents is 1. The molecule has 1 aromatic rings. The van der Waals surface area contributed by atoms with E-state index in [2.05, 4.69) is 5.32 Å². The highest BCUT2D eigenvalue weighted by Crippen LogP contribution is 2.24. The maximum absolute atomic E-state index is 12.9. The van der Waals surface area contributed by atoms with E-state index < -0.39 is 23.8 Å². The molecule has 2 N–H and O–H groups in total. The first-order valence-electron chi connectivity index (χ1n) is 4.10. The first-order chi connectivity index (χ1) is 6.66. The van der Waals surface area contributed by atoms with Gasteiger partial charge in [0.2, 0.25) is 0 Å². The number of halogens is 1. The molecule has 0 radical (unpaired) electrons.